The molecule has 0 aromatic heterocycles. The van der Waals surface area contributed by atoms with E-state index in [-0.39, 0.29) is 52.9 Å². The molecule has 11 heteroatoms. The fourth-order valence-electron chi connectivity index (χ4n) is 10.5. The van der Waals surface area contributed by atoms with E-state index in [1.165, 1.54) is 44.5 Å². The molecular formula is C67H58O11. The van der Waals surface area contributed by atoms with E-state index in [1.54, 1.807) is 0 Å². The SMILES string of the molecule is C=CC(=O)OCCOc1ccc(C2(c3ccc(OCCO)cc3)c3ccccc3-c3ccccc32)cc1.C=CC(=O)OCCOc1ccc(C2(c3ccc(OCCOC(=O)C=C)cc3)c3ccccc3-c3ccccc32)cc1. The van der Waals surface area contributed by atoms with Crippen molar-refractivity contribution in [3.8, 4) is 45.3 Å². The smallest absolute Gasteiger partial charge is 0.330 e. The van der Waals surface area contributed by atoms with Crippen molar-refractivity contribution in [1.29, 1.82) is 0 Å². The van der Waals surface area contributed by atoms with Gasteiger partial charge in [-0.25, -0.2) is 14.4 Å². The van der Waals surface area contributed by atoms with Crippen LogP contribution in [-0.2, 0) is 39.4 Å². The zero-order valence-corrected chi connectivity index (χ0v) is 43.0. The lowest BCUT2D eigenvalue weighted by Gasteiger charge is -2.34. The average molecular weight is 1040 g/mol. The topological polar surface area (TPSA) is 136 Å². The predicted octanol–water partition coefficient (Wildman–Crippen LogP) is 11.8. The number of esters is 3. The molecule has 8 aromatic carbocycles. The van der Waals surface area contributed by atoms with Crippen molar-refractivity contribution >= 4 is 17.9 Å². The number of aliphatic hydroxyl groups excluding tert-OH is 1. The molecule has 78 heavy (non-hydrogen) atoms. The molecule has 0 aliphatic heterocycles. The Labute approximate surface area is 454 Å². The molecule has 0 saturated heterocycles. The van der Waals surface area contributed by atoms with Crippen LogP contribution in [0.3, 0.4) is 0 Å². The van der Waals surface area contributed by atoms with Crippen LogP contribution in [0.15, 0.2) is 232 Å². The van der Waals surface area contributed by atoms with Crippen molar-refractivity contribution in [3.05, 3.63) is 277 Å². The van der Waals surface area contributed by atoms with Crippen LogP contribution in [0.1, 0.15) is 44.5 Å². The zero-order chi connectivity index (χ0) is 54.3. The normalized spacial score (nSPS) is 12.6. The lowest BCUT2D eigenvalue weighted by molar-refractivity contribution is -0.139. The van der Waals surface area contributed by atoms with Gasteiger partial charge in [0.25, 0.3) is 0 Å². The first-order chi connectivity index (χ1) is 38.3. The number of ether oxygens (including phenoxy) is 7. The highest BCUT2D eigenvalue weighted by Crippen LogP contribution is 2.58. The second-order valence-electron chi connectivity index (χ2n) is 18.0. The zero-order valence-electron chi connectivity index (χ0n) is 43.0. The van der Waals surface area contributed by atoms with Crippen LogP contribution in [0.4, 0.5) is 0 Å². The van der Waals surface area contributed by atoms with Gasteiger partial charge >= 0.3 is 17.9 Å². The molecule has 1 N–H and O–H groups in total. The van der Waals surface area contributed by atoms with Gasteiger partial charge in [0.1, 0.15) is 69.2 Å². The molecule has 0 heterocycles. The Hall–Kier alpha value is -9.45. The molecule has 8 aromatic rings. The van der Waals surface area contributed by atoms with Gasteiger partial charge in [0.05, 0.1) is 17.4 Å². The fourth-order valence-corrected chi connectivity index (χ4v) is 10.5. The monoisotopic (exact) mass is 1040 g/mol. The lowest BCUT2D eigenvalue weighted by atomic mass is 9.68. The maximum absolute atomic E-state index is 11.3. The highest BCUT2D eigenvalue weighted by atomic mass is 16.6. The van der Waals surface area contributed by atoms with Crippen LogP contribution in [0.2, 0.25) is 0 Å². The van der Waals surface area contributed by atoms with E-state index >= 15 is 0 Å². The molecule has 10 rings (SSSR count). The van der Waals surface area contributed by atoms with E-state index < -0.39 is 28.7 Å². The summed E-state index contributed by atoms with van der Waals surface area (Å²) < 4.78 is 38.1. The van der Waals surface area contributed by atoms with Gasteiger partial charge in [-0.05, 0) is 115 Å². The summed E-state index contributed by atoms with van der Waals surface area (Å²) in [6, 6.07) is 66.4. The molecule has 0 fully saturated rings. The van der Waals surface area contributed by atoms with Gasteiger partial charge in [0.15, 0.2) is 0 Å². The summed E-state index contributed by atoms with van der Waals surface area (Å²) in [5.41, 5.74) is 12.9. The summed E-state index contributed by atoms with van der Waals surface area (Å²) in [5, 5.41) is 9.13. The number of benzene rings is 8. The largest absolute Gasteiger partial charge is 0.491 e. The van der Waals surface area contributed by atoms with Gasteiger partial charge in [-0.3, -0.25) is 0 Å². The fraction of sp³-hybridized carbons (Fsp3) is 0.149. The third-order valence-corrected chi connectivity index (χ3v) is 13.7. The second-order valence-corrected chi connectivity index (χ2v) is 18.0. The van der Waals surface area contributed by atoms with Crippen molar-refractivity contribution in [2.24, 2.45) is 0 Å². The number of rotatable bonds is 22. The van der Waals surface area contributed by atoms with Crippen LogP contribution in [0.5, 0.6) is 23.0 Å². The van der Waals surface area contributed by atoms with Crippen LogP contribution >= 0.6 is 0 Å². The van der Waals surface area contributed by atoms with E-state index in [9.17, 15) is 14.4 Å². The van der Waals surface area contributed by atoms with E-state index in [4.69, 9.17) is 38.3 Å². The molecule has 392 valence electrons. The summed E-state index contributed by atoms with van der Waals surface area (Å²) in [7, 11) is 0. The minimum absolute atomic E-state index is 0.0302. The average Bonchev–Trinajstić information content (AvgIpc) is 4.21. The summed E-state index contributed by atoms with van der Waals surface area (Å²) >= 11 is 0. The van der Waals surface area contributed by atoms with Gasteiger partial charge in [0.2, 0.25) is 0 Å². The van der Waals surface area contributed by atoms with Gasteiger partial charge in [-0.2, -0.15) is 0 Å². The Bertz CT molecular complexity index is 3230. The second kappa shape index (κ2) is 24.9. The summed E-state index contributed by atoms with van der Waals surface area (Å²) in [6.45, 7) is 11.6. The molecule has 11 nitrogen and oxygen atoms in total. The number of carbonyl (C=O) groups is 3. The highest BCUT2D eigenvalue weighted by molar-refractivity contribution is 5.88. The third kappa shape index (κ3) is 11.0. The molecule has 0 bridgehead atoms. The Balaban J connectivity index is 0.000000191. The van der Waals surface area contributed by atoms with Crippen molar-refractivity contribution < 1.29 is 52.6 Å². The maximum atomic E-state index is 11.3. The van der Waals surface area contributed by atoms with Crippen molar-refractivity contribution in [3.63, 3.8) is 0 Å². The Morgan fingerprint density at radius 1 is 0.333 bits per heavy atom. The number of aliphatic hydroxyl groups is 1. The first kappa shape index (κ1) is 53.4. The van der Waals surface area contributed by atoms with Crippen LogP contribution in [-0.4, -0.2) is 75.9 Å². The first-order valence-electron chi connectivity index (χ1n) is 25.6. The summed E-state index contributed by atoms with van der Waals surface area (Å²) in [4.78, 5) is 33.8. The van der Waals surface area contributed by atoms with Crippen LogP contribution < -0.4 is 18.9 Å². The van der Waals surface area contributed by atoms with Crippen LogP contribution in [0.25, 0.3) is 22.3 Å². The molecule has 0 atom stereocenters. The Morgan fingerprint density at radius 2 is 0.564 bits per heavy atom. The van der Waals surface area contributed by atoms with Crippen molar-refractivity contribution in [2.45, 2.75) is 10.8 Å². The summed E-state index contributed by atoms with van der Waals surface area (Å²) in [5.74, 6) is 1.36. The van der Waals surface area contributed by atoms with E-state index in [1.807, 2.05) is 48.5 Å². The van der Waals surface area contributed by atoms with E-state index in [2.05, 4.69) is 165 Å². The minimum atomic E-state index is -0.566. The molecule has 0 spiro atoms. The van der Waals surface area contributed by atoms with Gasteiger partial charge in [-0.15, -0.1) is 0 Å². The standard InChI is InChI=1S/C35H30O6.C32H28O5/c1-3-33(36)40-23-21-38-27-17-13-25(14-18-27)35(26-15-19-28(20-16-26)39-22-24-41-34(37)4-2)31-11-7-5-9-29(31)30-10-6-8-12-32(30)35;1-2-31(34)37-22-21-36-26-17-13-24(14-18-26)32(23-11-15-25(16-12-23)35-20-19-33)29-9-5-3-7-27(29)28-8-4-6-10-30(28)32/h3-20H,1-2,21-24H2;2-18,33H,1,19-22H2. The minimum Gasteiger partial charge on any atom is -0.491 e. The Morgan fingerprint density at radius 3 is 0.795 bits per heavy atom. The van der Waals surface area contributed by atoms with E-state index in [0.29, 0.717) is 23.0 Å². The first-order valence-corrected chi connectivity index (χ1v) is 25.6. The highest BCUT2D eigenvalue weighted by Gasteiger charge is 2.47. The van der Waals surface area contributed by atoms with Crippen molar-refractivity contribution in [1.82, 2.24) is 0 Å². The van der Waals surface area contributed by atoms with E-state index in [0.717, 1.165) is 40.5 Å². The molecule has 0 amide bonds. The molecular weight excluding hydrogens is 981 g/mol. The molecule has 0 saturated carbocycles. The van der Waals surface area contributed by atoms with Crippen LogP contribution in [0, 0.1) is 0 Å². The molecule has 2 aliphatic rings. The molecule has 2 aliphatic carbocycles. The summed E-state index contributed by atoms with van der Waals surface area (Å²) in [6.07, 6.45) is 3.40. The van der Waals surface area contributed by atoms with Crippen molar-refractivity contribution in [2.75, 3.05) is 52.9 Å². The van der Waals surface area contributed by atoms with Gasteiger partial charge in [0, 0.05) is 18.2 Å². The Kier molecular flexibility index (Phi) is 17.1. The van der Waals surface area contributed by atoms with Gasteiger partial charge in [-0.1, -0.05) is 165 Å². The number of hydrogen-bond acceptors (Lipinski definition) is 11. The number of fused-ring (bicyclic) bond motifs is 6. The van der Waals surface area contributed by atoms with Gasteiger partial charge < -0.3 is 38.3 Å². The lowest BCUT2D eigenvalue weighted by Crippen LogP contribution is -2.28. The number of carbonyl (C=O) groups excluding carboxylic acids is 3. The molecule has 0 unspecified atom stereocenters. The number of hydrogen-bond donors (Lipinski definition) is 1. The third-order valence-electron chi connectivity index (χ3n) is 13.7. The quantitative estimate of drug-likeness (QED) is 0.0301. The predicted molar refractivity (Wildman–Crippen MR) is 300 cm³/mol. The molecule has 0 radical (unpaired) electrons. The maximum Gasteiger partial charge on any atom is 0.330 e.